The molecule has 142 valence electrons. The maximum atomic E-state index is 13.0. The molecule has 0 saturated carbocycles. The second-order valence-corrected chi connectivity index (χ2v) is 8.93. The van der Waals surface area contributed by atoms with Gasteiger partial charge in [-0.25, -0.2) is 9.18 Å². The van der Waals surface area contributed by atoms with Gasteiger partial charge in [-0.1, -0.05) is 23.7 Å². The number of carbonyl (C=O) groups is 2. The van der Waals surface area contributed by atoms with Gasteiger partial charge in [0.25, 0.3) is 5.91 Å². The van der Waals surface area contributed by atoms with Gasteiger partial charge < -0.3 is 10.1 Å². The minimum Gasteiger partial charge on any atom is -0.452 e. The number of hydrogen-bond acceptors (Lipinski definition) is 5. The van der Waals surface area contributed by atoms with Crippen LogP contribution in [0.1, 0.15) is 26.9 Å². The number of ether oxygens (including phenoxy) is 1. The Morgan fingerprint density at radius 1 is 1.15 bits per heavy atom. The van der Waals surface area contributed by atoms with Gasteiger partial charge >= 0.3 is 5.97 Å². The van der Waals surface area contributed by atoms with Crippen molar-refractivity contribution in [3.05, 3.63) is 64.4 Å². The predicted octanol–water partition coefficient (Wildman–Crippen LogP) is 5.14. The van der Waals surface area contributed by atoms with Gasteiger partial charge in [0.05, 0.1) is 20.9 Å². The van der Waals surface area contributed by atoms with E-state index < -0.39 is 24.3 Å². The highest BCUT2D eigenvalue weighted by Gasteiger charge is 2.17. The summed E-state index contributed by atoms with van der Waals surface area (Å²) >= 11 is 9.66. The summed E-state index contributed by atoms with van der Waals surface area (Å²) in [7, 11) is 0. The fourth-order valence-corrected chi connectivity index (χ4v) is 5.56. The number of amides is 1. The topological polar surface area (TPSA) is 55.4 Å². The number of halogens is 2. The van der Waals surface area contributed by atoms with E-state index in [1.54, 1.807) is 12.1 Å². The van der Waals surface area contributed by atoms with Gasteiger partial charge in [-0.15, -0.1) is 23.5 Å². The average molecular weight is 426 g/mol. The summed E-state index contributed by atoms with van der Waals surface area (Å²) in [5.74, 6) is 0.663. The molecule has 1 aliphatic heterocycles. The maximum Gasteiger partial charge on any atom is 0.338 e. The lowest BCUT2D eigenvalue weighted by Crippen LogP contribution is -2.21. The highest BCUT2D eigenvalue weighted by molar-refractivity contribution is 8.16. The van der Waals surface area contributed by atoms with E-state index in [9.17, 15) is 14.0 Å². The predicted molar refractivity (Wildman–Crippen MR) is 109 cm³/mol. The highest BCUT2D eigenvalue weighted by Crippen LogP contribution is 2.43. The van der Waals surface area contributed by atoms with Crippen LogP contribution in [0.15, 0.2) is 42.5 Å². The van der Waals surface area contributed by atoms with Crippen molar-refractivity contribution in [3.8, 4) is 0 Å². The summed E-state index contributed by atoms with van der Waals surface area (Å²) in [4.78, 5) is 24.0. The molecule has 1 N–H and O–H groups in total. The minimum absolute atomic E-state index is 0.0729. The Morgan fingerprint density at radius 3 is 2.52 bits per heavy atom. The highest BCUT2D eigenvalue weighted by atomic mass is 35.5. The lowest BCUT2D eigenvalue weighted by atomic mass is 10.1. The third kappa shape index (κ3) is 5.64. The molecule has 2 aromatic rings. The van der Waals surface area contributed by atoms with E-state index in [0.717, 1.165) is 17.6 Å². The number of nitrogens with one attached hydrogen (secondary N) is 1. The molecule has 1 saturated heterocycles. The molecule has 27 heavy (non-hydrogen) atoms. The molecule has 0 spiro atoms. The van der Waals surface area contributed by atoms with Gasteiger partial charge in [-0.05, 0) is 53.8 Å². The summed E-state index contributed by atoms with van der Waals surface area (Å²) in [5.41, 5.74) is 1.81. The number of thioether (sulfide) groups is 2. The summed E-state index contributed by atoms with van der Waals surface area (Å²) < 4.78 is 18.4. The fourth-order valence-electron chi connectivity index (χ4n) is 2.45. The summed E-state index contributed by atoms with van der Waals surface area (Å²) in [6, 6.07) is 10.9. The summed E-state index contributed by atoms with van der Waals surface area (Å²) in [6.45, 7) is -0.456. The van der Waals surface area contributed by atoms with Crippen LogP contribution in [0.5, 0.6) is 0 Å². The molecule has 0 aliphatic carbocycles. The molecule has 1 fully saturated rings. The Balaban J connectivity index is 1.51. The molecule has 2 aromatic carbocycles. The number of carbonyl (C=O) groups excluding carboxylic acids is 2. The van der Waals surface area contributed by atoms with E-state index in [-0.39, 0.29) is 10.7 Å². The molecule has 1 heterocycles. The van der Waals surface area contributed by atoms with Crippen LogP contribution in [0.25, 0.3) is 0 Å². The van der Waals surface area contributed by atoms with E-state index in [2.05, 4.69) is 5.32 Å². The second kappa shape index (κ2) is 9.48. The van der Waals surface area contributed by atoms with Crippen LogP contribution < -0.4 is 5.32 Å². The fraction of sp³-hybridized carbons (Fsp3) is 0.263. The standard InChI is InChI=1S/C19H17ClFNO3S2/c20-15-10-14(21)6-7-16(15)22-17(23)11-25-18(24)12-2-4-13(5-3-12)19-26-8-1-9-27-19/h2-7,10,19H,1,8-9,11H2,(H,22,23). The van der Waals surface area contributed by atoms with Crippen LogP contribution >= 0.6 is 35.1 Å². The van der Waals surface area contributed by atoms with Gasteiger partial charge in [-0.2, -0.15) is 0 Å². The van der Waals surface area contributed by atoms with Crippen LogP contribution in [0.4, 0.5) is 10.1 Å². The zero-order chi connectivity index (χ0) is 19.2. The van der Waals surface area contributed by atoms with Crippen LogP contribution in [-0.4, -0.2) is 30.0 Å². The van der Waals surface area contributed by atoms with Crippen LogP contribution in [0, 0.1) is 5.82 Å². The quantitative estimate of drug-likeness (QED) is 0.672. The zero-order valence-electron chi connectivity index (χ0n) is 14.2. The van der Waals surface area contributed by atoms with Crippen molar-refractivity contribution in [2.24, 2.45) is 0 Å². The van der Waals surface area contributed by atoms with Crippen molar-refractivity contribution in [3.63, 3.8) is 0 Å². The molecular weight excluding hydrogens is 409 g/mol. The Bertz CT molecular complexity index is 826. The van der Waals surface area contributed by atoms with Gasteiger partial charge in [-0.3, -0.25) is 4.79 Å². The molecule has 0 atom stereocenters. The number of hydrogen-bond donors (Lipinski definition) is 1. The van der Waals surface area contributed by atoms with Crippen molar-refractivity contribution >= 4 is 52.7 Å². The van der Waals surface area contributed by atoms with Crippen molar-refractivity contribution in [1.29, 1.82) is 0 Å². The van der Waals surface area contributed by atoms with Gasteiger partial charge in [0.2, 0.25) is 0 Å². The maximum absolute atomic E-state index is 13.0. The molecular formula is C19H17ClFNO3S2. The Labute approximate surface area is 170 Å². The van der Waals surface area contributed by atoms with Crippen molar-refractivity contribution < 1.29 is 18.7 Å². The first-order valence-electron chi connectivity index (χ1n) is 8.28. The largest absolute Gasteiger partial charge is 0.452 e. The van der Waals surface area contributed by atoms with E-state index in [0.29, 0.717) is 10.1 Å². The van der Waals surface area contributed by atoms with Crippen molar-refractivity contribution in [1.82, 2.24) is 0 Å². The third-order valence-corrected chi connectivity index (χ3v) is 7.11. The Hall–Kier alpha value is -1.70. The van der Waals surface area contributed by atoms with Crippen LogP contribution in [0.3, 0.4) is 0 Å². The number of anilines is 1. The average Bonchev–Trinajstić information content (AvgIpc) is 2.69. The normalized spacial score (nSPS) is 14.6. The van der Waals surface area contributed by atoms with E-state index in [1.807, 2.05) is 35.7 Å². The van der Waals surface area contributed by atoms with Crippen molar-refractivity contribution in [2.75, 3.05) is 23.4 Å². The molecule has 0 unspecified atom stereocenters. The third-order valence-electron chi connectivity index (χ3n) is 3.79. The van der Waals surface area contributed by atoms with E-state index in [1.165, 1.54) is 24.1 Å². The van der Waals surface area contributed by atoms with Gasteiger partial charge in [0.15, 0.2) is 6.61 Å². The SMILES string of the molecule is O=C(COC(=O)c1ccc(C2SCCCS2)cc1)Nc1ccc(F)cc1Cl. The molecule has 0 bridgehead atoms. The summed E-state index contributed by atoms with van der Waals surface area (Å²) in [6.07, 6.45) is 1.22. The summed E-state index contributed by atoms with van der Waals surface area (Å²) in [5, 5.41) is 2.55. The lowest BCUT2D eigenvalue weighted by molar-refractivity contribution is -0.119. The van der Waals surface area contributed by atoms with E-state index >= 15 is 0 Å². The number of benzene rings is 2. The first-order valence-corrected chi connectivity index (χ1v) is 10.8. The molecule has 8 heteroatoms. The number of esters is 1. The first kappa shape index (κ1) is 20.0. The van der Waals surface area contributed by atoms with Crippen LogP contribution in [-0.2, 0) is 9.53 Å². The second-order valence-electron chi connectivity index (χ2n) is 5.80. The van der Waals surface area contributed by atoms with Crippen molar-refractivity contribution in [2.45, 2.75) is 11.0 Å². The van der Waals surface area contributed by atoms with Gasteiger partial charge in [0, 0.05) is 0 Å². The first-order chi connectivity index (χ1) is 13.0. The minimum atomic E-state index is -0.578. The number of rotatable bonds is 5. The zero-order valence-corrected chi connectivity index (χ0v) is 16.6. The smallest absolute Gasteiger partial charge is 0.338 e. The Morgan fingerprint density at radius 2 is 1.85 bits per heavy atom. The van der Waals surface area contributed by atoms with E-state index in [4.69, 9.17) is 16.3 Å². The molecule has 0 radical (unpaired) electrons. The molecule has 0 aromatic heterocycles. The molecule has 1 amide bonds. The molecule has 4 nitrogen and oxygen atoms in total. The van der Waals surface area contributed by atoms with Gasteiger partial charge in [0.1, 0.15) is 5.82 Å². The molecule has 3 rings (SSSR count). The van der Waals surface area contributed by atoms with Crippen LogP contribution in [0.2, 0.25) is 5.02 Å². The Kier molecular flexibility index (Phi) is 7.04. The molecule has 1 aliphatic rings. The monoisotopic (exact) mass is 425 g/mol. The lowest BCUT2D eigenvalue weighted by Gasteiger charge is -2.21.